The van der Waals surface area contributed by atoms with E-state index in [4.69, 9.17) is 10.5 Å². The van der Waals surface area contributed by atoms with E-state index in [1.54, 1.807) is 18.5 Å². The van der Waals surface area contributed by atoms with Gasteiger partial charge >= 0.3 is 0 Å². The Hall–Kier alpha value is -1.42. The molecule has 0 unspecified atom stereocenters. The van der Waals surface area contributed by atoms with Crippen LogP contribution in [0.15, 0.2) is 18.5 Å². The van der Waals surface area contributed by atoms with Crippen LogP contribution in [-0.4, -0.2) is 23.9 Å². The molecule has 1 aromatic heterocycles. The Morgan fingerprint density at radius 3 is 2.75 bits per heavy atom. The van der Waals surface area contributed by atoms with Crippen LogP contribution in [0.2, 0.25) is 0 Å². The maximum absolute atomic E-state index is 12.8. The van der Waals surface area contributed by atoms with E-state index in [0.717, 1.165) is 32.1 Å². The van der Waals surface area contributed by atoms with Crippen molar-refractivity contribution in [2.24, 2.45) is 11.1 Å². The summed E-state index contributed by atoms with van der Waals surface area (Å²) in [6, 6.07) is 1.80. The van der Waals surface area contributed by atoms with Crippen LogP contribution in [0.4, 0.5) is 0 Å². The van der Waals surface area contributed by atoms with Gasteiger partial charge < -0.3 is 10.5 Å². The molecule has 4 nitrogen and oxygen atoms in total. The Bertz CT molecular complexity index is 454. The van der Waals surface area contributed by atoms with Gasteiger partial charge in [-0.15, -0.1) is 0 Å². The lowest BCUT2D eigenvalue weighted by atomic mass is 9.69. The predicted octanol–water partition coefficient (Wildman–Crippen LogP) is 2.96. The zero-order chi connectivity index (χ0) is 14.4. The lowest BCUT2D eigenvalue weighted by molar-refractivity contribution is 0.0728. The van der Waals surface area contributed by atoms with Gasteiger partial charge in [-0.2, -0.15) is 0 Å². The maximum Gasteiger partial charge on any atom is 0.171 e. The minimum absolute atomic E-state index is 0.133. The van der Waals surface area contributed by atoms with Crippen molar-refractivity contribution < 1.29 is 9.53 Å². The van der Waals surface area contributed by atoms with Gasteiger partial charge in [0.05, 0.1) is 12.8 Å². The number of hydrogen-bond donors (Lipinski definition) is 1. The topological polar surface area (TPSA) is 65.2 Å². The molecule has 2 rings (SSSR count). The average Bonchev–Trinajstić information content (AvgIpc) is 2.53. The van der Waals surface area contributed by atoms with Crippen molar-refractivity contribution in [2.45, 2.75) is 45.4 Å². The summed E-state index contributed by atoms with van der Waals surface area (Å²) in [5.74, 6) is 0.801. The first-order chi connectivity index (χ1) is 9.72. The van der Waals surface area contributed by atoms with Gasteiger partial charge in [0.25, 0.3) is 0 Å². The minimum Gasteiger partial charge on any atom is -0.492 e. The highest BCUT2D eigenvalue weighted by Gasteiger charge is 2.38. The van der Waals surface area contributed by atoms with Gasteiger partial charge in [-0.25, -0.2) is 0 Å². The number of hydrogen-bond acceptors (Lipinski definition) is 4. The third kappa shape index (κ3) is 3.18. The summed E-state index contributed by atoms with van der Waals surface area (Å²) in [5.41, 5.74) is 6.17. The van der Waals surface area contributed by atoms with Crippen LogP contribution in [0, 0.1) is 5.41 Å². The van der Waals surface area contributed by atoms with E-state index >= 15 is 0 Å². The molecule has 0 saturated heterocycles. The number of rotatable bonds is 6. The molecule has 0 spiro atoms. The number of carbonyl (C=O) groups excluding carboxylic acids is 1. The van der Waals surface area contributed by atoms with Crippen molar-refractivity contribution >= 4 is 5.78 Å². The van der Waals surface area contributed by atoms with Crippen molar-refractivity contribution in [3.8, 4) is 5.75 Å². The van der Waals surface area contributed by atoms with Gasteiger partial charge in [0.1, 0.15) is 5.75 Å². The molecule has 110 valence electrons. The first kappa shape index (κ1) is 15.0. The number of aromatic nitrogens is 1. The van der Waals surface area contributed by atoms with Crippen LogP contribution in [0.1, 0.15) is 55.8 Å². The average molecular weight is 276 g/mol. The zero-order valence-electron chi connectivity index (χ0n) is 12.2. The number of pyridine rings is 1. The number of nitrogens with two attached hydrogens (primary N) is 1. The predicted molar refractivity (Wildman–Crippen MR) is 78.9 cm³/mol. The van der Waals surface area contributed by atoms with Crippen molar-refractivity contribution in [1.29, 1.82) is 0 Å². The SMILES string of the molecule is CCCOc1cncc(C(=O)C2(CN)CCCCC2)c1. The lowest BCUT2D eigenvalue weighted by Crippen LogP contribution is -2.40. The van der Waals surface area contributed by atoms with Crippen LogP contribution in [0.5, 0.6) is 5.75 Å². The third-order valence-corrected chi connectivity index (χ3v) is 4.13. The molecule has 0 radical (unpaired) electrons. The summed E-state index contributed by atoms with van der Waals surface area (Å²) in [5, 5.41) is 0. The largest absolute Gasteiger partial charge is 0.492 e. The Morgan fingerprint density at radius 2 is 2.10 bits per heavy atom. The fraction of sp³-hybridized carbons (Fsp3) is 0.625. The molecule has 0 bridgehead atoms. The molecule has 0 amide bonds. The first-order valence-corrected chi connectivity index (χ1v) is 7.54. The van der Waals surface area contributed by atoms with Gasteiger partial charge in [0.2, 0.25) is 0 Å². The van der Waals surface area contributed by atoms with Gasteiger partial charge in [0.15, 0.2) is 5.78 Å². The van der Waals surface area contributed by atoms with E-state index in [1.807, 2.05) is 6.92 Å². The molecule has 1 aliphatic rings. The quantitative estimate of drug-likeness (QED) is 0.811. The standard InChI is InChI=1S/C16H24N2O2/c1-2-8-20-14-9-13(10-18-11-14)15(19)16(12-17)6-4-3-5-7-16/h9-11H,2-8,12,17H2,1H3. The molecule has 1 aliphatic carbocycles. The number of ether oxygens (including phenoxy) is 1. The van der Waals surface area contributed by atoms with Gasteiger partial charge in [-0.1, -0.05) is 26.2 Å². The van der Waals surface area contributed by atoms with E-state index in [-0.39, 0.29) is 11.2 Å². The minimum atomic E-state index is -0.386. The molecule has 20 heavy (non-hydrogen) atoms. The van der Waals surface area contributed by atoms with E-state index in [9.17, 15) is 4.79 Å². The fourth-order valence-electron chi connectivity index (χ4n) is 2.90. The summed E-state index contributed by atoms with van der Waals surface area (Å²) in [6.07, 6.45) is 9.38. The number of ketones is 1. The number of Topliss-reactive ketones (excluding diaryl/α,β-unsaturated/α-hetero) is 1. The summed E-state index contributed by atoms with van der Waals surface area (Å²) in [4.78, 5) is 16.9. The van der Waals surface area contributed by atoms with Crippen LogP contribution >= 0.6 is 0 Å². The second-order valence-corrected chi connectivity index (χ2v) is 5.63. The lowest BCUT2D eigenvalue weighted by Gasteiger charge is -2.34. The molecule has 0 atom stereocenters. The number of nitrogens with zero attached hydrogens (tertiary/aromatic N) is 1. The summed E-state index contributed by atoms with van der Waals surface area (Å²) in [7, 11) is 0. The van der Waals surface area contributed by atoms with Crippen molar-refractivity contribution in [1.82, 2.24) is 4.98 Å². The van der Waals surface area contributed by atoms with Crippen molar-refractivity contribution in [2.75, 3.05) is 13.2 Å². The molecule has 1 fully saturated rings. The Labute approximate surface area is 120 Å². The fourth-order valence-corrected chi connectivity index (χ4v) is 2.90. The second-order valence-electron chi connectivity index (χ2n) is 5.63. The molecule has 1 aromatic rings. The van der Waals surface area contributed by atoms with Gasteiger partial charge in [-0.3, -0.25) is 9.78 Å². The number of carbonyl (C=O) groups is 1. The van der Waals surface area contributed by atoms with E-state index in [2.05, 4.69) is 4.98 Å². The van der Waals surface area contributed by atoms with E-state index in [0.29, 0.717) is 24.5 Å². The Kier molecular flexibility index (Phi) is 5.12. The van der Waals surface area contributed by atoms with Crippen LogP contribution in [0.3, 0.4) is 0 Å². The van der Waals surface area contributed by atoms with Crippen LogP contribution in [0.25, 0.3) is 0 Å². The summed E-state index contributed by atoms with van der Waals surface area (Å²) >= 11 is 0. The van der Waals surface area contributed by atoms with Crippen LogP contribution < -0.4 is 10.5 Å². The molecule has 0 aromatic carbocycles. The maximum atomic E-state index is 12.8. The van der Waals surface area contributed by atoms with Crippen molar-refractivity contribution in [3.05, 3.63) is 24.0 Å². The normalized spacial score (nSPS) is 17.7. The second kappa shape index (κ2) is 6.84. The van der Waals surface area contributed by atoms with E-state index < -0.39 is 0 Å². The highest BCUT2D eigenvalue weighted by Crippen LogP contribution is 2.38. The third-order valence-electron chi connectivity index (χ3n) is 4.13. The molecular formula is C16H24N2O2. The molecule has 2 N–H and O–H groups in total. The smallest absolute Gasteiger partial charge is 0.171 e. The van der Waals surface area contributed by atoms with Crippen molar-refractivity contribution in [3.63, 3.8) is 0 Å². The highest BCUT2D eigenvalue weighted by molar-refractivity contribution is 6.00. The van der Waals surface area contributed by atoms with Gasteiger partial charge in [0, 0.05) is 23.7 Å². The highest BCUT2D eigenvalue weighted by atomic mass is 16.5. The monoisotopic (exact) mass is 276 g/mol. The molecule has 4 heteroatoms. The van der Waals surface area contributed by atoms with Gasteiger partial charge in [-0.05, 0) is 25.3 Å². The zero-order valence-corrected chi connectivity index (χ0v) is 12.2. The van der Waals surface area contributed by atoms with Crippen LogP contribution in [-0.2, 0) is 0 Å². The molecule has 1 heterocycles. The molecule has 1 saturated carbocycles. The summed E-state index contributed by atoms with van der Waals surface area (Å²) < 4.78 is 5.55. The first-order valence-electron chi connectivity index (χ1n) is 7.54. The molecular weight excluding hydrogens is 252 g/mol. The Morgan fingerprint density at radius 1 is 1.35 bits per heavy atom. The summed E-state index contributed by atoms with van der Waals surface area (Å²) in [6.45, 7) is 3.11. The Balaban J connectivity index is 2.18. The molecule has 0 aliphatic heterocycles. The van der Waals surface area contributed by atoms with E-state index in [1.165, 1.54) is 6.42 Å².